The number of nitrogens with one attached hydrogen (secondary N) is 1. The van der Waals surface area contributed by atoms with Gasteiger partial charge in [0.1, 0.15) is 0 Å². The van der Waals surface area contributed by atoms with E-state index in [9.17, 15) is 4.21 Å². The van der Waals surface area contributed by atoms with Crippen LogP contribution in [0, 0.1) is 0 Å². The molecule has 1 atom stereocenters. The molecule has 0 aliphatic rings. The number of thiazole rings is 1. The molecule has 1 aromatic rings. The van der Waals surface area contributed by atoms with Crippen LogP contribution in [0.25, 0.3) is 0 Å². The van der Waals surface area contributed by atoms with Crippen LogP contribution in [0.2, 0.25) is 0 Å². The third-order valence-corrected chi connectivity index (χ3v) is 3.91. The van der Waals surface area contributed by atoms with Gasteiger partial charge in [-0.15, -0.1) is 11.3 Å². The predicted octanol–water partition coefficient (Wildman–Crippen LogP) is 1.73. The maximum Gasteiger partial charge on any atom is 0.0954 e. The largest absolute Gasteiger partial charge is 0.310 e. The van der Waals surface area contributed by atoms with Crippen molar-refractivity contribution < 1.29 is 4.21 Å². The molecular formula is C10H18N2OS2. The predicted molar refractivity (Wildman–Crippen MR) is 66.8 cm³/mol. The van der Waals surface area contributed by atoms with Crippen molar-refractivity contribution in [2.45, 2.75) is 26.3 Å². The van der Waals surface area contributed by atoms with Gasteiger partial charge >= 0.3 is 0 Å². The second-order valence-electron chi connectivity index (χ2n) is 3.79. The summed E-state index contributed by atoms with van der Waals surface area (Å²) in [5.74, 6) is 1.22. The molecule has 0 spiro atoms. The molecule has 3 nitrogen and oxygen atoms in total. The van der Waals surface area contributed by atoms with E-state index in [2.05, 4.69) is 29.5 Å². The van der Waals surface area contributed by atoms with Crippen LogP contribution in [0.5, 0.6) is 0 Å². The van der Waals surface area contributed by atoms with Crippen LogP contribution >= 0.6 is 11.3 Å². The summed E-state index contributed by atoms with van der Waals surface area (Å²) >= 11 is 1.71. The Labute approximate surface area is 97.8 Å². The van der Waals surface area contributed by atoms with Crippen LogP contribution in [0.15, 0.2) is 5.38 Å². The van der Waals surface area contributed by atoms with E-state index in [4.69, 9.17) is 0 Å². The van der Waals surface area contributed by atoms with Crippen molar-refractivity contribution in [3.05, 3.63) is 16.1 Å². The lowest BCUT2D eigenvalue weighted by Crippen LogP contribution is -2.19. The molecule has 15 heavy (non-hydrogen) atoms. The smallest absolute Gasteiger partial charge is 0.0954 e. The van der Waals surface area contributed by atoms with E-state index < -0.39 is 10.8 Å². The second kappa shape index (κ2) is 6.35. The fourth-order valence-corrected chi connectivity index (χ4v) is 2.37. The minimum atomic E-state index is -0.706. The lowest BCUT2D eigenvalue weighted by molar-refractivity contribution is 0.673. The Kier molecular flexibility index (Phi) is 5.42. The third-order valence-electron chi connectivity index (χ3n) is 1.94. The molecule has 86 valence electrons. The topological polar surface area (TPSA) is 42.0 Å². The summed E-state index contributed by atoms with van der Waals surface area (Å²) in [6, 6.07) is 0. The first-order valence-electron chi connectivity index (χ1n) is 5.04. The zero-order chi connectivity index (χ0) is 11.3. The van der Waals surface area contributed by atoms with Crippen molar-refractivity contribution >= 4 is 22.1 Å². The van der Waals surface area contributed by atoms with E-state index in [0.29, 0.717) is 11.7 Å². The Bertz CT molecular complexity index is 323. The highest BCUT2D eigenvalue weighted by Crippen LogP contribution is 2.18. The number of nitrogens with zero attached hydrogens (tertiary/aromatic N) is 1. The number of hydrogen-bond acceptors (Lipinski definition) is 4. The standard InChI is InChI=1S/C10H18N2OS2/c1-8(2)10-12-9(7-14-10)6-11-4-5-15(3)13/h7-8,11H,4-6H2,1-3H3. The fraction of sp³-hybridized carbons (Fsp3) is 0.700. The van der Waals surface area contributed by atoms with E-state index in [1.165, 1.54) is 5.01 Å². The Hall–Kier alpha value is -0.260. The second-order valence-corrected chi connectivity index (χ2v) is 6.23. The Balaban J connectivity index is 2.28. The first kappa shape index (κ1) is 12.8. The molecule has 0 bridgehead atoms. The number of hydrogen-bond donors (Lipinski definition) is 1. The summed E-state index contributed by atoms with van der Waals surface area (Å²) in [5.41, 5.74) is 1.09. The minimum absolute atomic E-state index is 0.506. The van der Waals surface area contributed by atoms with E-state index in [1.54, 1.807) is 17.6 Å². The molecule has 0 aliphatic carbocycles. The Morgan fingerprint density at radius 3 is 2.87 bits per heavy atom. The average molecular weight is 246 g/mol. The van der Waals surface area contributed by atoms with Gasteiger partial charge in [-0.3, -0.25) is 4.21 Å². The van der Waals surface area contributed by atoms with Crippen LogP contribution in [-0.2, 0) is 17.3 Å². The van der Waals surface area contributed by atoms with Crippen molar-refractivity contribution in [1.29, 1.82) is 0 Å². The van der Waals surface area contributed by atoms with E-state index in [0.717, 1.165) is 18.8 Å². The Morgan fingerprint density at radius 1 is 1.60 bits per heavy atom. The van der Waals surface area contributed by atoms with Gasteiger partial charge in [0.25, 0.3) is 0 Å². The molecule has 1 rings (SSSR count). The molecule has 0 fully saturated rings. The molecule has 1 heterocycles. The quantitative estimate of drug-likeness (QED) is 0.777. The SMILES string of the molecule is CC(C)c1nc(CNCCS(C)=O)cs1. The molecule has 5 heteroatoms. The van der Waals surface area contributed by atoms with E-state index >= 15 is 0 Å². The van der Waals surface area contributed by atoms with Crippen molar-refractivity contribution in [1.82, 2.24) is 10.3 Å². The molecule has 0 aromatic carbocycles. The minimum Gasteiger partial charge on any atom is -0.310 e. The molecule has 1 aromatic heterocycles. The van der Waals surface area contributed by atoms with Crippen LogP contribution in [-0.4, -0.2) is 27.7 Å². The van der Waals surface area contributed by atoms with Gasteiger partial charge in [0.15, 0.2) is 0 Å². The van der Waals surface area contributed by atoms with Crippen LogP contribution < -0.4 is 5.32 Å². The first-order chi connectivity index (χ1) is 7.09. The summed E-state index contributed by atoms with van der Waals surface area (Å²) in [7, 11) is -0.706. The van der Waals surface area contributed by atoms with Crippen LogP contribution in [0.1, 0.15) is 30.5 Å². The van der Waals surface area contributed by atoms with Gasteiger partial charge in [-0.05, 0) is 0 Å². The zero-order valence-corrected chi connectivity index (χ0v) is 11.1. The lowest BCUT2D eigenvalue weighted by Gasteiger charge is -2.00. The van der Waals surface area contributed by atoms with Gasteiger partial charge in [0.05, 0.1) is 10.7 Å². The maximum atomic E-state index is 10.8. The van der Waals surface area contributed by atoms with Crippen molar-refractivity contribution in [3.8, 4) is 0 Å². The molecule has 1 unspecified atom stereocenters. The average Bonchev–Trinajstić information content (AvgIpc) is 2.60. The monoisotopic (exact) mass is 246 g/mol. The summed E-state index contributed by atoms with van der Waals surface area (Å²) < 4.78 is 10.8. The van der Waals surface area contributed by atoms with Crippen LogP contribution in [0.3, 0.4) is 0 Å². The molecule has 0 saturated carbocycles. The van der Waals surface area contributed by atoms with Gasteiger partial charge in [0.2, 0.25) is 0 Å². The Morgan fingerprint density at radius 2 is 2.33 bits per heavy atom. The van der Waals surface area contributed by atoms with Gasteiger partial charge < -0.3 is 5.32 Å². The fourth-order valence-electron chi connectivity index (χ4n) is 1.10. The van der Waals surface area contributed by atoms with E-state index in [1.807, 2.05) is 0 Å². The van der Waals surface area contributed by atoms with Crippen molar-refractivity contribution in [3.63, 3.8) is 0 Å². The highest BCUT2D eigenvalue weighted by molar-refractivity contribution is 7.84. The summed E-state index contributed by atoms with van der Waals surface area (Å²) in [6.45, 7) is 5.87. The van der Waals surface area contributed by atoms with Crippen molar-refractivity contribution in [2.75, 3.05) is 18.6 Å². The number of aromatic nitrogens is 1. The normalized spacial score (nSPS) is 13.3. The molecule has 0 amide bonds. The summed E-state index contributed by atoms with van der Waals surface area (Å²) in [5, 5.41) is 6.51. The molecular weight excluding hydrogens is 228 g/mol. The highest BCUT2D eigenvalue weighted by atomic mass is 32.2. The lowest BCUT2D eigenvalue weighted by atomic mass is 10.2. The maximum absolute atomic E-state index is 10.8. The molecule has 0 radical (unpaired) electrons. The molecule has 0 saturated heterocycles. The van der Waals surface area contributed by atoms with Gasteiger partial charge in [-0.2, -0.15) is 0 Å². The molecule has 1 N–H and O–H groups in total. The molecule has 0 aliphatic heterocycles. The van der Waals surface area contributed by atoms with Crippen LogP contribution in [0.4, 0.5) is 0 Å². The van der Waals surface area contributed by atoms with E-state index in [-0.39, 0.29) is 0 Å². The van der Waals surface area contributed by atoms with Gasteiger partial charge in [0, 0.05) is 47.2 Å². The van der Waals surface area contributed by atoms with Gasteiger partial charge in [-0.25, -0.2) is 4.98 Å². The first-order valence-corrected chi connectivity index (χ1v) is 7.65. The zero-order valence-electron chi connectivity index (χ0n) is 9.45. The summed E-state index contributed by atoms with van der Waals surface area (Å²) in [4.78, 5) is 4.51. The number of rotatable bonds is 6. The third kappa shape index (κ3) is 4.86. The van der Waals surface area contributed by atoms with Gasteiger partial charge in [-0.1, -0.05) is 13.8 Å². The summed E-state index contributed by atoms with van der Waals surface area (Å²) in [6.07, 6.45) is 1.72. The highest BCUT2D eigenvalue weighted by Gasteiger charge is 2.04. The van der Waals surface area contributed by atoms with Crippen molar-refractivity contribution in [2.24, 2.45) is 0 Å².